The smallest absolute Gasteiger partial charge is 0.258 e. The second-order valence-corrected chi connectivity index (χ2v) is 4.84. The lowest BCUT2D eigenvalue weighted by atomic mass is 10.0. The molecule has 1 aromatic carbocycles. The first-order valence-electron chi connectivity index (χ1n) is 6.40. The first-order chi connectivity index (χ1) is 9.06. The molecule has 0 unspecified atom stereocenters. The molecule has 2 amide bonds. The van der Waals surface area contributed by atoms with Gasteiger partial charge in [-0.15, -0.1) is 0 Å². The van der Waals surface area contributed by atoms with Crippen molar-refractivity contribution in [3.8, 4) is 5.75 Å². The molecule has 0 saturated carbocycles. The van der Waals surface area contributed by atoms with Gasteiger partial charge >= 0.3 is 0 Å². The number of rotatable bonds is 4. The van der Waals surface area contributed by atoms with Crippen molar-refractivity contribution >= 4 is 17.5 Å². The van der Waals surface area contributed by atoms with Gasteiger partial charge < -0.3 is 15.4 Å². The molecule has 1 heterocycles. The highest BCUT2D eigenvalue weighted by Gasteiger charge is 2.18. The summed E-state index contributed by atoms with van der Waals surface area (Å²) in [5.74, 6) is 0.533. The maximum absolute atomic E-state index is 11.5. The minimum atomic E-state index is -0.146. The second-order valence-electron chi connectivity index (χ2n) is 4.84. The number of amides is 2. The maximum atomic E-state index is 11.5. The van der Waals surface area contributed by atoms with E-state index in [1.54, 1.807) is 6.07 Å². The second kappa shape index (κ2) is 5.73. The fraction of sp³-hybridized carbons (Fsp3) is 0.429. The highest BCUT2D eigenvalue weighted by Crippen LogP contribution is 2.30. The zero-order valence-corrected chi connectivity index (χ0v) is 11.2. The summed E-state index contributed by atoms with van der Waals surface area (Å²) in [5.41, 5.74) is 1.73. The SMILES string of the molecule is CC(C)NC(=O)COc1cccc2c1CCC(=O)N2. The normalized spacial score (nSPS) is 13.7. The number of benzene rings is 1. The van der Waals surface area contributed by atoms with Gasteiger partial charge in [0.2, 0.25) is 5.91 Å². The van der Waals surface area contributed by atoms with Crippen molar-refractivity contribution in [1.82, 2.24) is 5.32 Å². The van der Waals surface area contributed by atoms with Gasteiger partial charge in [-0.25, -0.2) is 0 Å². The van der Waals surface area contributed by atoms with Gasteiger partial charge in [0.1, 0.15) is 5.75 Å². The van der Waals surface area contributed by atoms with Gasteiger partial charge in [-0.3, -0.25) is 9.59 Å². The third-order valence-corrected chi connectivity index (χ3v) is 2.82. The van der Waals surface area contributed by atoms with Crippen molar-refractivity contribution in [1.29, 1.82) is 0 Å². The quantitative estimate of drug-likeness (QED) is 0.863. The predicted molar refractivity (Wildman–Crippen MR) is 72.2 cm³/mol. The largest absolute Gasteiger partial charge is 0.483 e. The minimum Gasteiger partial charge on any atom is -0.483 e. The number of nitrogens with one attached hydrogen (secondary N) is 2. The first kappa shape index (κ1) is 13.4. The standard InChI is InChI=1S/C14H18N2O3/c1-9(2)15-14(18)8-19-12-5-3-4-11-10(12)6-7-13(17)16-11/h3-5,9H,6-8H2,1-2H3,(H,15,18)(H,16,17). The molecule has 0 bridgehead atoms. The molecule has 0 aliphatic carbocycles. The average molecular weight is 262 g/mol. The van der Waals surface area contributed by atoms with Crippen LogP contribution in [0.25, 0.3) is 0 Å². The van der Waals surface area contributed by atoms with E-state index in [9.17, 15) is 9.59 Å². The number of hydrogen-bond acceptors (Lipinski definition) is 3. The summed E-state index contributed by atoms with van der Waals surface area (Å²) in [4.78, 5) is 22.8. The van der Waals surface area contributed by atoms with Gasteiger partial charge in [0.15, 0.2) is 6.61 Å². The Balaban J connectivity index is 2.03. The molecule has 2 N–H and O–H groups in total. The van der Waals surface area contributed by atoms with Crippen molar-refractivity contribution in [2.75, 3.05) is 11.9 Å². The molecular formula is C14H18N2O3. The van der Waals surface area contributed by atoms with E-state index in [0.29, 0.717) is 18.6 Å². The van der Waals surface area contributed by atoms with E-state index in [1.165, 1.54) is 0 Å². The van der Waals surface area contributed by atoms with E-state index in [0.717, 1.165) is 11.3 Å². The minimum absolute atomic E-state index is 0.0113. The molecule has 0 saturated heterocycles. The summed E-state index contributed by atoms with van der Waals surface area (Å²) < 4.78 is 5.54. The third-order valence-electron chi connectivity index (χ3n) is 2.82. The topological polar surface area (TPSA) is 67.4 Å². The van der Waals surface area contributed by atoms with Crippen LogP contribution in [-0.2, 0) is 16.0 Å². The van der Waals surface area contributed by atoms with Crippen LogP contribution in [-0.4, -0.2) is 24.5 Å². The van der Waals surface area contributed by atoms with Crippen LogP contribution in [0, 0.1) is 0 Å². The molecule has 0 radical (unpaired) electrons. The van der Waals surface area contributed by atoms with Crippen molar-refractivity contribution in [2.45, 2.75) is 32.7 Å². The number of ether oxygens (including phenoxy) is 1. The fourth-order valence-electron chi connectivity index (χ4n) is 2.03. The number of fused-ring (bicyclic) bond motifs is 1. The van der Waals surface area contributed by atoms with E-state index in [-0.39, 0.29) is 24.5 Å². The van der Waals surface area contributed by atoms with Crippen LogP contribution >= 0.6 is 0 Å². The Bertz CT molecular complexity index is 497. The van der Waals surface area contributed by atoms with Crippen molar-refractivity contribution in [3.63, 3.8) is 0 Å². The van der Waals surface area contributed by atoms with E-state index < -0.39 is 0 Å². The summed E-state index contributed by atoms with van der Waals surface area (Å²) in [6.07, 6.45) is 1.09. The van der Waals surface area contributed by atoms with E-state index in [4.69, 9.17) is 4.74 Å². The van der Waals surface area contributed by atoms with E-state index >= 15 is 0 Å². The van der Waals surface area contributed by atoms with Crippen molar-refractivity contribution < 1.29 is 14.3 Å². The van der Waals surface area contributed by atoms with E-state index in [2.05, 4.69) is 10.6 Å². The molecule has 102 valence electrons. The molecule has 2 rings (SSSR count). The Morgan fingerprint density at radius 1 is 1.42 bits per heavy atom. The van der Waals surface area contributed by atoms with Gasteiger partial charge in [-0.1, -0.05) is 6.07 Å². The summed E-state index contributed by atoms with van der Waals surface area (Å²) in [7, 11) is 0. The predicted octanol–water partition coefficient (Wildman–Crippen LogP) is 1.47. The summed E-state index contributed by atoms with van der Waals surface area (Å²) in [6, 6.07) is 5.56. The van der Waals surface area contributed by atoms with Crippen LogP contribution in [0.2, 0.25) is 0 Å². The number of hydrogen-bond donors (Lipinski definition) is 2. The van der Waals surface area contributed by atoms with Crippen LogP contribution < -0.4 is 15.4 Å². The highest BCUT2D eigenvalue weighted by molar-refractivity contribution is 5.94. The molecule has 1 aliphatic heterocycles. The zero-order valence-electron chi connectivity index (χ0n) is 11.2. The molecule has 0 aromatic heterocycles. The lowest BCUT2D eigenvalue weighted by molar-refractivity contribution is -0.123. The monoisotopic (exact) mass is 262 g/mol. The number of anilines is 1. The van der Waals surface area contributed by atoms with E-state index in [1.807, 2.05) is 26.0 Å². The van der Waals surface area contributed by atoms with Crippen LogP contribution in [0.15, 0.2) is 18.2 Å². The van der Waals surface area contributed by atoms with Crippen LogP contribution in [0.3, 0.4) is 0 Å². The van der Waals surface area contributed by atoms with Gasteiger partial charge in [-0.05, 0) is 32.4 Å². The Morgan fingerprint density at radius 3 is 2.95 bits per heavy atom. The lowest BCUT2D eigenvalue weighted by Gasteiger charge is -2.20. The summed E-state index contributed by atoms with van der Waals surface area (Å²) in [5, 5.41) is 5.57. The van der Waals surface area contributed by atoms with Gasteiger partial charge in [0.25, 0.3) is 5.91 Å². The molecule has 0 spiro atoms. The Labute approximate surface area is 112 Å². The van der Waals surface area contributed by atoms with Crippen molar-refractivity contribution in [3.05, 3.63) is 23.8 Å². The van der Waals surface area contributed by atoms with Crippen LogP contribution in [0.4, 0.5) is 5.69 Å². The maximum Gasteiger partial charge on any atom is 0.258 e. The van der Waals surface area contributed by atoms with Gasteiger partial charge in [-0.2, -0.15) is 0 Å². The summed E-state index contributed by atoms with van der Waals surface area (Å²) in [6.45, 7) is 3.79. The molecule has 19 heavy (non-hydrogen) atoms. The van der Waals surface area contributed by atoms with Crippen LogP contribution in [0.1, 0.15) is 25.8 Å². The number of carbonyl (C=O) groups excluding carboxylic acids is 2. The first-order valence-corrected chi connectivity index (χ1v) is 6.40. The average Bonchev–Trinajstić information content (AvgIpc) is 2.35. The fourth-order valence-corrected chi connectivity index (χ4v) is 2.03. The molecular weight excluding hydrogens is 244 g/mol. The van der Waals surface area contributed by atoms with Crippen LogP contribution in [0.5, 0.6) is 5.75 Å². The molecule has 5 heteroatoms. The number of carbonyl (C=O) groups is 2. The van der Waals surface area contributed by atoms with Crippen molar-refractivity contribution in [2.24, 2.45) is 0 Å². The highest BCUT2D eigenvalue weighted by atomic mass is 16.5. The zero-order chi connectivity index (χ0) is 13.8. The Morgan fingerprint density at radius 2 is 2.21 bits per heavy atom. The Kier molecular flexibility index (Phi) is 4.04. The molecule has 5 nitrogen and oxygen atoms in total. The third kappa shape index (κ3) is 3.47. The molecule has 0 fully saturated rings. The van der Waals surface area contributed by atoms with Gasteiger partial charge in [0.05, 0.1) is 0 Å². The molecule has 0 atom stereocenters. The van der Waals surface area contributed by atoms with Gasteiger partial charge in [0, 0.05) is 23.7 Å². The lowest BCUT2D eigenvalue weighted by Crippen LogP contribution is -2.34. The molecule has 1 aromatic rings. The Hall–Kier alpha value is -2.04. The molecule has 1 aliphatic rings. The summed E-state index contributed by atoms with van der Waals surface area (Å²) >= 11 is 0.